The molecule has 0 fully saturated rings. The van der Waals surface area contributed by atoms with Crippen molar-refractivity contribution >= 4 is 5.69 Å². The third-order valence-corrected chi connectivity index (χ3v) is 2.89. The summed E-state index contributed by atoms with van der Waals surface area (Å²) in [6, 6.07) is 13.4. The van der Waals surface area contributed by atoms with E-state index in [0.717, 1.165) is 11.1 Å². The number of nitro groups is 1. The van der Waals surface area contributed by atoms with Crippen LogP contribution in [0.5, 0.6) is 5.75 Å². The van der Waals surface area contributed by atoms with Gasteiger partial charge in [0.1, 0.15) is 12.4 Å². The summed E-state index contributed by atoms with van der Waals surface area (Å²) in [6.45, 7) is 1.95. The van der Waals surface area contributed by atoms with Crippen molar-refractivity contribution in [2.24, 2.45) is 0 Å². The van der Waals surface area contributed by atoms with E-state index in [0.29, 0.717) is 5.75 Å². The number of rotatable bonds is 5. The molecule has 2 aromatic carbocycles. The smallest absolute Gasteiger partial charge is 0.269 e. The van der Waals surface area contributed by atoms with E-state index in [9.17, 15) is 15.2 Å². The fraction of sp³-hybridized carbons (Fsp3) is 0.200. The van der Waals surface area contributed by atoms with Gasteiger partial charge in [-0.2, -0.15) is 0 Å². The van der Waals surface area contributed by atoms with Gasteiger partial charge in [0, 0.05) is 12.1 Å². The second-order valence-corrected chi connectivity index (χ2v) is 4.46. The number of hydrogen-bond acceptors (Lipinski definition) is 4. The summed E-state index contributed by atoms with van der Waals surface area (Å²) in [5, 5.41) is 20.1. The molecule has 104 valence electrons. The Morgan fingerprint density at radius 3 is 2.55 bits per heavy atom. The molecule has 0 unspecified atom stereocenters. The predicted molar refractivity (Wildman–Crippen MR) is 74.5 cm³/mol. The highest BCUT2D eigenvalue weighted by molar-refractivity contribution is 5.34. The summed E-state index contributed by atoms with van der Waals surface area (Å²) in [6.07, 6.45) is -0.513. The fourth-order valence-electron chi connectivity index (χ4n) is 1.77. The van der Waals surface area contributed by atoms with E-state index in [1.54, 1.807) is 43.3 Å². The van der Waals surface area contributed by atoms with Crippen molar-refractivity contribution in [3.05, 3.63) is 69.8 Å². The Kier molecular flexibility index (Phi) is 4.32. The largest absolute Gasteiger partial charge is 0.489 e. The Hall–Kier alpha value is -2.40. The molecule has 0 aliphatic carbocycles. The van der Waals surface area contributed by atoms with E-state index >= 15 is 0 Å². The summed E-state index contributed by atoms with van der Waals surface area (Å²) in [7, 11) is 0. The number of aliphatic hydroxyl groups is 1. The summed E-state index contributed by atoms with van der Waals surface area (Å²) < 4.78 is 5.56. The number of benzene rings is 2. The van der Waals surface area contributed by atoms with Crippen LogP contribution in [0.2, 0.25) is 0 Å². The second kappa shape index (κ2) is 6.16. The number of hydrogen-bond donors (Lipinski definition) is 1. The van der Waals surface area contributed by atoms with Crippen molar-refractivity contribution in [1.29, 1.82) is 0 Å². The minimum Gasteiger partial charge on any atom is -0.489 e. The normalized spacial score (nSPS) is 11.9. The van der Waals surface area contributed by atoms with Gasteiger partial charge < -0.3 is 9.84 Å². The van der Waals surface area contributed by atoms with E-state index in [-0.39, 0.29) is 12.3 Å². The van der Waals surface area contributed by atoms with E-state index < -0.39 is 11.0 Å². The molecule has 0 amide bonds. The molecule has 5 heteroatoms. The topological polar surface area (TPSA) is 72.6 Å². The first kappa shape index (κ1) is 14.0. The van der Waals surface area contributed by atoms with Crippen LogP contribution in [0.3, 0.4) is 0 Å². The molecule has 0 spiro atoms. The third kappa shape index (κ3) is 3.55. The zero-order chi connectivity index (χ0) is 14.5. The molecule has 1 N–H and O–H groups in total. The van der Waals surface area contributed by atoms with Crippen LogP contribution in [-0.4, -0.2) is 10.0 Å². The molecule has 0 aliphatic rings. The average Bonchev–Trinajstić information content (AvgIpc) is 2.46. The van der Waals surface area contributed by atoms with E-state index in [2.05, 4.69) is 0 Å². The van der Waals surface area contributed by atoms with Gasteiger partial charge in [-0.3, -0.25) is 10.1 Å². The Balaban J connectivity index is 2.01. The van der Waals surface area contributed by atoms with Gasteiger partial charge in [-0.1, -0.05) is 24.3 Å². The van der Waals surface area contributed by atoms with Crippen molar-refractivity contribution in [2.45, 2.75) is 19.6 Å². The van der Waals surface area contributed by atoms with Gasteiger partial charge in [-0.25, -0.2) is 0 Å². The zero-order valence-corrected chi connectivity index (χ0v) is 11.0. The van der Waals surface area contributed by atoms with Gasteiger partial charge in [-0.15, -0.1) is 0 Å². The van der Waals surface area contributed by atoms with Crippen molar-refractivity contribution in [2.75, 3.05) is 0 Å². The lowest BCUT2D eigenvalue weighted by molar-refractivity contribution is -0.384. The summed E-state index contributed by atoms with van der Waals surface area (Å²) in [4.78, 5) is 10.2. The first-order valence-electron chi connectivity index (χ1n) is 6.20. The summed E-state index contributed by atoms with van der Waals surface area (Å²) in [5.41, 5.74) is 1.60. The minimum absolute atomic E-state index is 0.0514. The number of aliphatic hydroxyl groups excluding tert-OH is 1. The van der Waals surface area contributed by atoms with Crippen LogP contribution in [-0.2, 0) is 6.61 Å². The first-order chi connectivity index (χ1) is 9.56. The van der Waals surface area contributed by atoms with Crippen LogP contribution >= 0.6 is 0 Å². The van der Waals surface area contributed by atoms with E-state index in [4.69, 9.17) is 4.74 Å². The Morgan fingerprint density at radius 1 is 1.25 bits per heavy atom. The molecular weight excluding hydrogens is 258 g/mol. The van der Waals surface area contributed by atoms with Gasteiger partial charge in [0.15, 0.2) is 0 Å². The summed E-state index contributed by atoms with van der Waals surface area (Å²) >= 11 is 0. The first-order valence-corrected chi connectivity index (χ1v) is 6.20. The van der Waals surface area contributed by atoms with Crippen LogP contribution in [0, 0.1) is 10.1 Å². The zero-order valence-electron chi connectivity index (χ0n) is 11.0. The standard InChI is InChI=1S/C15H15NO4/c1-11(17)13-5-7-15(8-6-13)20-10-12-3-2-4-14(9-12)16(18)19/h2-9,11,17H,10H2,1H3/t11-/m1/s1. The monoisotopic (exact) mass is 273 g/mol. The molecule has 0 aliphatic heterocycles. The van der Waals surface area contributed by atoms with Gasteiger partial charge in [0.2, 0.25) is 0 Å². The molecule has 20 heavy (non-hydrogen) atoms. The van der Waals surface area contributed by atoms with Crippen molar-refractivity contribution < 1.29 is 14.8 Å². The number of nitro benzene ring substituents is 1. The molecule has 0 radical (unpaired) electrons. The Bertz CT molecular complexity index is 593. The van der Waals surface area contributed by atoms with Crippen molar-refractivity contribution in [1.82, 2.24) is 0 Å². The van der Waals surface area contributed by atoms with Crippen LogP contribution in [0.1, 0.15) is 24.2 Å². The number of ether oxygens (including phenoxy) is 1. The second-order valence-electron chi connectivity index (χ2n) is 4.46. The van der Waals surface area contributed by atoms with Crippen LogP contribution < -0.4 is 4.74 Å². The maximum Gasteiger partial charge on any atom is 0.269 e. The van der Waals surface area contributed by atoms with Gasteiger partial charge in [-0.05, 0) is 30.2 Å². The molecule has 1 atom stereocenters. The maximum absolute atomic E-state index is 10.7. The molecule has 0 aromatic heterocycles. The van der Waals surface area contributed by atoms with Crippen LogP contribution in [0.15, 0.2) is 48.5 Å². The highest BCUT2D eigenvalue weighted by atomic mass is 16.6. The fourth-order valence-corrected chi connectivity index (χ4v) is 1.77. The molecule has 0 saturated heterocycles. The maximum atomic E-state index is 10.7. The van der Waals surface area contributed by atoms with Gasteiger partial charge >= 0.3 is 0 Å². The molecule has 2 rings (SSSR count). The molecule has 2 aromatic rings. The summed E-state index contributed by atoms with van der Waals surface area (Å²) in [5.74, 6) is 0.654. The lowest BCUT2D eigenvalue weighted by Crippen LogP contribution is -1.97. The quantitative estimate of drug-likeness (QED) is 0.670. The minimum atomic E-state index is -0.513. The highest BCUT2D eigenvalue weighted by Crippen LogP contribution is 2.19. The van der Waals surface area contributed by atoms with Gasteiger partial charge in [0.05, 0.1) is 11.0 Å². The van der Waals surface area contributed by atoms with Crippen LogP contribution in [0.4, 0.5) is 5.69 Å². The molecule has 0 saturated carbocycles. The number of nitrogens with zero attached hydrogens (tertiary/aromatic N) is 1. The Morgan fingerprint density at radius 2 is 1.95 bits per heavy atom. The lowest BCUT2D eigenvalue weighted by atomic mass is 10.1. The van der Waals surface area contributed by atoms with E-state index in [1.165, 1.54) is 12.1 Å². The highest BCUT2D eigenvalue weighted by Gasteiger charge is 2.06. The molecular formula is C15H15NO4. The average molecular weight is 273 g/mol. The lowest BCUT2D eigenvalue weighted by Gasteiger charge is -2.08. The van der Waals surface area contributed by atoms with Crippen molar-refractivity contribution in [3.8, 4) is 5.75 Å². The molecule has 0 heterocycles. The molecule has 0 bridgehead atoms. The van der Waals surface area contributed by atoms with Crippen LogP contribution in [0.25, 0.3) is 0 Å². The Labute approximate surface area is 116 Å². The number of non-ortho nitro benzene ring substituents is 1. The third-order valence-electron chi connectivity index (χ3n) is 2.89. The molecule has 5 nitrogen and oxygen atoms in total. The predicted octanol–water partition coefficient (Wildman–Crippen LogP) is 3.23. The SMILES string of the molecule is C[C@@H](O)c1ccc(OCc2cccc([N+](=O)[O-])c2)cc1. The van der Waals surface area contributed by atoms with E-state index in [1.807, 2.05) is 0 Å². The van der Waals surface area contributed by atoms with Crippen molar-refractivity contribution in [3.63, 3.8) is 0 Å². The van der Waals surface area contributed by atoms with Gasteiger partial charge in [0.25, 0.3) is 5.69 Å².